The number of phenols is 6. The Morgan fingerprint density at radius 2 is 1.07 bits per heavy atom. The molecule has 0 aromatic heterocycles. The minimum Gasteiger partial charge on any atom is -0.508 e. The predicted molar refractivity (Wildman–Crippen MR) is 336 cm³/mol. The maximum Gasteiger partial charge on any atom is 0.248 e. The van der Waals surface area contributed by atoms with Crippen LogP contribution in [0.4, 0.5) is 0 Å². The molecule has 488 valence electrons. The maximum atomic E-state index is 16.0. The second kappa shape index (κ2) is 24.1. The van der Waals surface area contributed by atoms with Crippen molar-refractivity contribution in [1.29, 1.82) is 0 Å². The number of carbonyl (C=O) groups excluding carboxylic acids is 7. The maximum absolute atomic E-state index is 16.0. The van der Waals surface area contributed by atoms with Crippen molar-refractivity contribution in [2.75, 3.05) is 0 Å². The number of ether oxygens (including phenoxy) is 3. The van der Waals surface area contributed by atoms with Crippen LogP contribution >= 0.6 is 23.2 Å². The second-order valence-corrected chi connectivity index (χ2v) is 26.0. The third-order valence-corrected chi connectivity index (χ3v) is 19.6. The zero-order chi connectivity index (χ0) is 66.6. The molecule has 7 unspecified atom stereocenters. The Labute approximate surface area is 549 Å². The van der Waals surface area contributed by atoms with Crippen molar-refractivity contribution in [2.45, 2.75) is 93.0 Å². The largest absolute Gasteiger partial charge is 0.508 e. The molecule has 27 heteroatoms. The van der Waals surface area contributed by atoms with Gasteiger partial charge in [-0.15, -0.1) is 0 Å². The highest BCUT2D eigenvalue weighted by Gasteiger charge is 2.50. The van der Waals surface area contributed by atoms with Crippen LogP contribution in [0.3, 0.4) is 0 Å². The second-order valence-electron chi connectivity index (χ2n) is 25.2. The molecule has 6 heterocycles. The van der Waals surface area contributed by atoms with Crippen LogP contribution in [0.2, 0.25) is 10.0 Å². The molecule has 25 nitrogen and oxygen atoms in total. The number of hydrogen-bond donors (Lipinski definition) is 15. The van der Waals surface area contributed by atoms with Crippen LogP contribution in [0, 0.1) is 23.7 Å². The lowest BCUT2D eigenvalue weighted by Crippen LogP contribution is -2.59. The molecule has 10 aliphatic rings. The number of hydrogen-bond acceptors (Lipinski definition) is 18. The lowest BCUT2D eigenvalue weighted by molar-refractivity contribution is -0.137. The van der Waals surface area contributed by atoms with Crippen LogP contribution < -0.4 is 57.2 Å². The SMILES string of the molecule is NC1C(=O)NC2Cc3ccc(c(Cl)c3)Oc3cc4cc(c3O)Oc3ccc(cc3Cl)C(O)C3NC(=O)C(NC(=O)C4NC(=O)C(NC2=O)c2cc(O)cc(c2)Oc2cc1ccc2O)c1ccc(O)c(c1)-c1c(O)cc(O)cc1[C@H](C(=O)NC1C2CC4CC(C2)CC1C4)NC3=O. The summed E-state index contributed by atoms with van der Waals surface area (Å²) in [6.45, 7) is 0. The first-order valence-corrected chi connectivity index (χ1v) is 31.3. The molecular formula is C68H60Cl2N8O17. The van der Waals surface area contributed by atoms with Gasteiger partial charge in [0.15, 0.2) is 23.0 Å². The summed E-state index contributed by atoms with van der Waals surface area (Å²) in [5.41, 5.74) is 5.28. The quantitative estimate of drug-likeness (QED) is 0.0842. The Hall–Kier alpha value is -10.5. The van der Waals surface area contributed by atoms with Crippen molar-refractivity contribution in [3.8, 4) is 80.1 Å². The Kier molecular flexibility index (Phi) is 15.8. The first-order valence-electron chi connectivity index (χ1n) is 30.6. The number of benzene rings is 7. The molecule has 4 saturated carbocycles. The summed E-state index contributed by atoms with van der Waals surface area (Å²) < 4.78 is 18.6. The van der Waals surface area contributed by atoms with Gasteiger partial charge >= 0.3 is 0 Å². The number of fused-ring (bicyclic) bond motifs is 14. The van der Waals surface area contributed by atoms with E-state index in [1.807, 2.05) is 0 Å². The van der Waals surface area contributed by atoms with Gasteiger partial charge in [0.25, 0.3) is 0 Å². The number of halogens is 2. The van der Waals surface area contributed by atoms with Gasteiger partial charge in [-0.25, -0.2) is 0 Å². The fourth-order valence-corrected chi connectivity index (χ4v) is 15.1. The highest BCUT2D eigenvalue weighted by atomic mass is 35.5. The van der Waals surface area contributed by atoms with Crippen molar-refractivity contribution >= 4 is 64.6 Å². The van der Waals surface area contributed by atoms with Crippen molar-refractivity contribution < 1.29 is 83.5 Å². The number of aliphatic hydroxyl groups is 1. The van der Waals surface area contributed by atoms with Gasteiger partial charge in [-0.3, -0.25) is 33.6 Å². The third kappa shape index (κ3) is 11.7. The first-order chi connectivity index (χ1) is 45.5. The molecule has 21 bridgehead atoms. The van der Waals surface area contributed by atoms with Gasteiger partial charge < -0.3 is 92.9 Å². The smallest absolute Gasteiger partial charge is 0.248 e. The highest BCUT2D eigenvalue weighted by molar-refractivity contribution is 6.32. The lowest BCUT2D eigenvalue weighted by atomic mass is 9.54. The van der Waals surface area contributed by atoms with Gasteiger partial charge in [-0.1, -0.05) is 47.5 Å². The fourth-order valence-electron chi connectivity index (χ4n) is 14.6. The number of carbonyl (C=O) groups is 7. The van der Waals surface area contributed by atoms with Crippen LogP contribution in [-0.2, 0) is 40.0 Å². The van der Waals surface area contributed by atoms with Gasteiger partial charge in [0, 0.05) is 35.7 Å². The average molecular weight is 1330 g/mol. The molecule has 7 aromatic rings. The zero-order valence-corrected chi connectivity index (χ0v) is 51.3. The molecule has 4 fully saturated rings. The van der Waals surface area contributed by atoms with E-state index < -0.39 is 136 Å². The average Bonchev–Trinajstić information content (AvgIpc) is 0.767. The minimum atomic E-state index is -2.15. The van der Waals surface area contributed by atoms with Crippen LogP contribution in [0.5, 0.6) is 69.0 Å². The van der Waals surface area contributed by atoms with Crippen molar-refractivity contribution in [3.05, 3.63) is 164 Å². The van der Waals surface area contributed by atoms with E-state index in [1.165, 1.54) is 72.8 Å². The number of phenolic OH excluding ortho intramolecular Hbond substituents is 6. The molecule has 17 rings (SSSR count). The Morgan fingerprint density at radius 1 is 0.495 bits per heavy atom. The summed E-state index contributed by atoms with van der Waals surface area (Å²) in [5.74, 6) is -11.7. The fraction of sp³-hybridized carbons (Fsp3) is 0.279. The lowest BCUT2D eigenvalue weighted by Gasteiger charge is -2.54. The summed E-state index contributed by atoms with van der Waals surface area (Å²) in [6, 6.07) is 9.58. The van der Waals surface area contributed by atoms with Gasteiger partial charge in [0.1, 0.15) is 88.6 Å². The third-order valence-electron chi connectivity index (χ3n) is 19.0. The number of nitrogens with one attached hydrogen (secondary N) is 7. The summed E-state index contributed by atoms with van der Waals surface area (Å²) in [4.78, 5) is 107. The molecule has 4 aliphatic carbocycles. The summed E-state index contributed by atoms with van der Waals surface area (Å²) in [5, 5.41) is 101. The van der Waals surface area contributed by atoms with Crippen molar-refractivity contribution in [3.63, 3.8) is 0 Å². The summed E-state index contributed by atoms with van der Waals surface area (Å²) in [6.07, 6.45) is 2.25. The van der Waals surface area contributed by atoms with Gasteiger partial charge in [-0.2, -0.15) is 0 Å². The minimum absolute atomic E-state index is 0.111. The number of aromatic hydroxyl groups is 6. The summed E-state index contributed by atoms with van der Waals surface area (Å²) in [7, 11) is 0. The number of aliphatic hydroxyl groups excluding tert-OH is 1. The van der Waals surface area contributed by atoms with Crippen LogP contribution in [0.15, 0.2) is 115 Å². The van der Waals surface area contributed by atoms with Crippen molar-refractivity contribution in [2.24, 2.45) is 29.4 Å². The molecule has 0 saturated heterocycles. The van der Waals surface area contributed by atoms with E-state index in [-0.39, 0.29) is 102 Å². The molecular weight excluding hydrogens is 1270 g/mol. The Balaban J connectivity index is 0.943. The molecule has 0 radical (unpaired) electrons. The number of amides is 7. The molecule has 6 aliphatic heterocycles. The van der Waals surface area contributed by atoms with E-state index in [0.29, 0.717) is 17.4 Å². The molecule has 7 aromatic carbocycles. The van der Waals surface area contributed by atoms with E-state index in [0.717, 1.165) is 74.6 Å². The Morgan fingerprint density at radius 3 is 1.75 bits per heavy atom. The number of nitrogens with two attached hydrogens (primary N) is 1. The Bertz CT molecular complexity index is 4410. The standard InChI is InChI=1S/C68H60Cl2N8O17/c69-41-14-26-1-7-47(41)94-50-21-35-22-51(61(50)85)95-48-8-4-31(19-42(48)70)60(84)59-68(92)77-58(67(91)73-54-32-10-27-9-28(12-32)13-33(54)11-27)40-24-37(80)25-46(83)52(40)39-18-30(3-5-44(39)81)55(64(88)78-59)75-66(90)57(35)76-65(89)56-34-16-36(79)23-38(17-34)93-49-20-29(2-6-45(49)82)53(71)63(87)72-43(15-26)62(86)74-56/h1-8,14,16-25,27-28,32-33,43,53-60,79-85H,9-13,15,71H2,(H,72,87)(H,73,91)(H,74,86)(H,75,90)(H,76,89)(H,77,92)(H,78,88)/t27?,28?,32?,33?,43?,53?,54?,55?,56?,57?,58-,59?,60?/m1/s1. The first kappa shape index (κ1) is 62.0. The van der Waals surface area contributed by atoms with Crippen LogP contribution in [-0.4, -0.2) is 95.2 Å². The van der Waals surface area contributed by atoms with Gasteiger partial charge in [0.05, 0.1) is 10.0 Å². The van der Waals surface area contributed by atoms with E-state index in [9.17, 15) is 40.5 Å². The normalized spacial score (nSPS) is 26.7. The monoisotopic (exact) mass is 1330 g/mol. The predicted octanol–water partition coefficient (Wildman–Crippen LogP) is 6.84. The molecule has 0 spiro atoms. The van der Waals surface area contributed by atoms with Crippen LogP contribution in [0.25, 0.3) is 11.1 Å². The van der Waals surface area contributed by atoms with Gasteiger partial charge in [0.2, 0.25) is 47.1 Å². The van der Waals surface area contributed by atoms with E-state index in [1.54, 1.807) is 0 Å². The topological polar surface area (TPSA) is 399 Å². The highest BCUT2D eigenvalue weighted by Crippen LogP contribution is 2.55. The molecule has 8 atom stereocenters. The zero-order valence-electron chi connectivity index (χ0n) is 49.8. The van der Waals surface area contributed by atoms with E-state index in [4.69, 9.17) is 43.1 Å². The van der Waals surface area contributed by atoms with Gasteiger partial charge in [-0.05, 0) is 174 Å². The van der Waals surface area contributed by atoms with Crippen LogP contribution in [0.1, 0.15) is 107 Å². The van der Waals surface area contributed by atoms with E-state index in [2.05, 4.69) is 37.2 Å². The molecule has 7 amide bonds. The molecule has 16 N–H and O–H groups in total. The van der Waals surface area contributed by atoms with Crippen molar-refractivity contribution in [1.82, 2.24) is 37.2 Å². The van der Waals surface area contributed by atoms with E-state index >= 15 is 28.8 Å². The number of rotatable bonds is 2. The molecule has 95 heavy (non-hydrogen) atoms. The summed E-state index contributed by atoms with van der Waals surface area (Å²) >= 11 is 13.9.